The van der Waals surface area contributed by atoms with Crippen LogP contribution in [0.15, 0.2) is 79.8 Å². The topological polar surface area (TPSA) is 111 Å². The lowest BCUT2D eigenvalue weighted by Gasteiger charge is -2.32. The zero-order valence-electron chi connectivity index (χ0n) is 17.4. The molecule has 0 aliphatic carbocycles. The SMILES string of the molecule is COc1c(N[C@@H](c2ccccc2)[C@@H](Nc2c(OC)c(=O)c2=O)c2ccccc2)c(=O)c1=O. The minimum absolute atomic E-state index is 0.0468. The molecule has 0 saturated carbocycles. The summed E-state index contributed by atoms with van der Waals surface area (Å²) in [7, 11) is 2.64. The second-order valence-electron chi connectivity index (χ2n) is 7.20. The van der Waals surface area contributed by atoms with Gasteiger partial charge in [-0.1, -0.05) is 60.7 Å². The molecule has 0 saturated heterocycles. The van der Waals surface area contributed by atoms with Crippen LogP contribution in [0.25, 0.3) is 0 Å². The first-order chi connectivity index (χ1) is 15.5. The molecule has 2 N–H and O–H groups in total. The third-order valence-corrected chi connectivity index (χ3v) is 5.39. The first kappa shape index (κ1) is 21.0. The van der Waals surface area contributed by atoms with Crippen molar-refractivity contribution in [2.24, 2.45) is 0 Å². The molecule has 0 spiro atoms. The third-order valence-electron chi connectivity index (χ3n) is 5.39. The van der Waals surface area contributed by atoms with E-state index in [2.05, 4.69) is 10.6 Å². The molecule has 8 heteroatoms. The summed E-state index contributed by atoms with van der Waals surface area (Å²) in [5, 5.41) is 6.25. The van der Waals surface area contributed by atoms with Gasteiger partial charge in [0, 0.05) is 0 Å². The summed E-state index contributed by atoms with van der Waals surface area (Å²) in [5.41, 5.74) is -1.08. The molecule has 0 unspecified atom stereocenters. The lowest BCUT2D eigenvalue weighted by Crippen LogP contribution is -2.40. The van der Waals surface area contributed by atoms with Crippen molar-refractivity contribution in [2.75, 3.05) is 24.9 Å². The van der Waals surface area contributed by atoms with Crippen LogP contribution in [0.2, 0.25) is 0 Å². The molecule has 0 radical (unpaired) electrons. The molecule has 0 bridgehead atoms. The molecular formula is C24H20N2O6. The number of anilines is 2. The lowest BCUT2D eigenvalue weighted by molar-refractivity contribution is 0.405. The highest BCUT2D eigenvalue weighted by Crippen LogP contribution is 2.37. The molecule has 0 aliphatic rings. The Hall–Kier alpha value is -4.20. The lowest BCUT2D eigenvalue weighted by atomic mass is 9.92. The zero-order chi connectivity index (χ0) is 22.8. The molecule has 4 rings (SSSR count). The summed E-state index contributed by atoms with van der Waals surface area (Å²) in [5.74, 6) is -0.0936. The van der Waals surface area contributed by atoms with Gasteiger partial charge in [-0.05, 0) is 11.1 Å². The van der Waals surface area contributed by atoms with Crippen LogP contribution in [-0.2, 0) is 0 Å². The Kier molecular flexibility index (Phi) is 5.59. The summed E-state index contributed by atoms with van der Waals surface area (Å²) in [6, 6.07) is 17.2. The average molecular weight is 432 g/mol. The number of rotatable bonds is 9. The van der Waals surface area contributed by atoms with E-state index in [-0.39, 0.29) is 22.9 Å². The fourth-order valence-electron chi connectivity index (χ4n) is 3.74. The van der Waals surface area contributed by atoms with Crippen LogP contribution in [0.3, 0.4) is 0 Å². The summed E-state index contributed by atoms with van der Waals surface area (Å²) >= 11 is 0. The van der Waals surface area contributed by atoms with Gasteiger partial charge in [-0.3, -0.25) is 19.2 Å². The van der Waals surface area contributed by atoms with E-state index in [4.69, 9.17) is 9.47 Å². The quantitative estimate of drug-likeness (QED) is 0.386. The van der Waals surface area contributed by atoms with Crippen molar-refractivity contribution in [3.8, 4) is 11.5 Å². The van der Waals surface area contributed by atoms with Gasteiger partial charge >= 0.3 is 0 Å². The van der Waals surface area contributed by atoms with Crippen molar-refractivity contribution in [1.29, 1.82) is 0 Å². The highest BCUT2D eigenvalue weighted by atomic mass is 16.5. The van der Waals surface area contributed by atoms with Gasteiger partial charge in [0.2, 0.25) is 0 Å². The van der Waals surface area contributed by atoms with Crippen LogP contribution < -0.4 is 41.8 Å². The molecule has 0 fully saturated rings. The molecule has 0 aromatic heterocycles. The van der Waals surface area contributed by atoms with Crippen LogP contribution in [0.1, 0.15) is 23.2 Å². The van der Waals surface area contributed by atoms with E-state index in [9.17, 15) is 19.2 Å². The molecule has 0 heterocycles. The van der Waals surface area contributed by atoms with Crippen LogP contribution in [0.5, 0.6) is 11.5 Å². The van der Waals surface area contributed by atoms with Crippen LogP contribution in [-0.4, -0.2) is 14.2 Å². The minimum Gasteiger partial charge on any atom is -0.491 e. The zero-order valence-corrected chi connectivity index (χ0v) is 17.4. The molecule has 2 atom stereocenters. The Morgan fingerprint density at radius 3 is 1.22 bits per heavy atom. The maximum Gasteiger partial charge on any atom is 0.271 e. The molecule has 4 aromatic rings. The van der Waals surface area contributed by atoms with Crippen LogP contribution >= 0.6 is 0 Å². The number of hydrogen-bond acceptors (Lipinski definition) is 8. The first-order valence-corrected chi connectivity index (χ1v) is 9.85. The van der Waals surface area contributed by atoms with Crippen molar-refractivity contribution >= 4 is 11.4 Å². The third kappa shape index (κ3) is 3.45. The standard InChI is InChI=1S/C24H20N2O6/c1-31-23-17(19(27)21(23)29)25-15(13-9-5-3-6-10-13)16(14-11-7-4-8-12-14)26-18-20(28)22(30)24(18)32-2/h3-12,15-16,25-26H,1-2H3/t15-,16-/m0/s1. The first-order valence-electron chi connectivity index (χ1n) is 9.85. The monoisotopic (exact) mass is 432 g/mol. The van der Waals surface area contributed by atoms with Gasteiger partial charge in [-0.25, -0.2) is 0 Å². The second-order valence-corrected chi connectivity index (χ2v) is 7.20. The summed E-state index contributed by atoms with van der Waals surface area (Å²) < 4.78 is 10.2. The summed E-state index contributed by atoms with van der Waals surface area (Å²) in [4.78, 5) is 48.2. The largest absolute Gasteiger partial charge is 0.491 e. The van der Waals surface area contributed by atoms with E-state index in [0.29, 0.717) is 0 Å². The van der Waals surface area contributed by atoms with Crippen molar-refractivity contribution in [2.45, 2.75) is 12.1 Å². The Morgan fingerprint density at radius 1 is 0.562 bits per heavy atom. The normalized spacial score (nSPS) is 12.9. The number of hydrogen-bond donors (Lipinski definition) is 2. The van der Waals surface area contributed by atoms with Gasteiger partial charge in [-0.2, -0.15) is 0 Å². The van der Waals surface area contributed by atoms with Crippen molar-refractivity contribution in [3.05, 3.63) is 113 Å². The summed E-state index contributed by atoms with van der Waals surface area (Å²) in [6.45, 7) is 0. The van der Waals surface area contributed by atoms with E-state index in [0.717, 1.165) is 11.1 Å². The van der Waals surface area contributed by atoms with Crippen molar-refractivity contribution < 1.29 is 9.47 Å². The molecule has 162 valence electrons. The van der Waals surface area contributed by atoms with Gasteiger partial charge in [0.25, 0.3) is 21.7 Å². The predicted octanol–water partition coefficient (Wildman–Crippen LogP) is 1.90. The Bertz CT molecular complexity index is 1270. The van der Waals surface area contributed by atoms with E-state index in [1.165, 1.54) is 14.2 Å². The number of ether oxygens (including phenoxy) is 2. The number of nitrogens with one attached hydrogen (secondary N) is 2. The van der Waals surface area contributed by atoms with E-state index in [1.54, 1.807) is 0 Å². The minimum atomic E-state index is -0.699. The Morgan fingerprint density at radius 2 is 0.906 bits per heavy atom. The van der Waals surface area contributed by atoms with Gasteiger partial charge in [0.05, 0.1) is 26.3 Å². The van der Waals surface area contributed by atoms with Crippen molar-refractivity contribution in [3.63, 3.8) is 0 Å². The van der Waals surface area contributed by atoms with E-state index >= 15 is 0 Å². The van der Waals surface area contributed by atoms with Gasteiger partial charge in [0.15, 0.2) is 11.5 Å². The molecule has 0 aliphatic heterocycles. The number of methoxy groups -OCH3 is 2. The van der Waals surface area contributed by atoms with Gasteiger partial charge < -0.3 is 20.1 Å². The van der Waals surface area contributed by atoms with Crippen LogP contribution in [0, 0.1) is 0 Å². The average Bonchev–Trinajstić information content (AvgIpc) is 2.84. The maximum absolute atomic E-state index is 12.2. The maximum atomic E-state index is 12.2. The Balaban J connectivity index is 1.83. The van der Waals surface area contributed by atoms with E-state index < -0.39 is 33.8 Å². The fraction of sp³-hybridized carbons (Fsp3) is 0.167. The van der Waals surface area contributed by atoms with E-state index in [1.807, 2.05) is 60.7 Å². The number of benzene rings is 2. The highest BCUT2D eigenvalue weighted by Gasteiger charge is 2.33. The van der Waals surface area contributed by atoms with Crippen LogP contribution in [0.4, 0.5) is 11.4 Å². The second kappa shape index (κ2) is 8.50. The molecule has 4 aromatic carbocycles. The molecular weight excluding hydrogens is 412 g/mol. The van der Waals surface area contributed by atoms with Gasteiger partial charge in [0.1, 0.15) is 11.4 Å². The Labute approximate surface area is 182 Å². The predicted molar refractivity (Wildman–Crippen MR) is 121 cm³/mol. The molecule has 8 nitrogen and oxygen atoms in total. The summed E-state index contributed by atoms with van der Waals surface area (Å²) in [6.07, 6.45) is 0. The fourth-order valence-corrected chi connectivity index (χ4v) is 3.74. The highest BCUT2D eigenvalue weighted by molar-refractivity contribution is 5.65. The van der Waals surface area contributed by atoms with Gasteiger partial charge in [-0.15, -0.1) is 0 Å². The molecule has 32 heavy (non-hydrogen) atoms. The smallest absolute Gasteiger partial charge is 0.271 e. The van der Waals surface area contributed by atoms with Crippen molar-refractivity contribution in [1.82, 2.24) is 0 Å². The molecule has 0 amide bonds.